The Morgan fingerprint density at radius 2 is 1.62 bits per heavy atom. The van der Waals surface area contributed by atoms with Crippen molar-refractivity contribution in [1.29, 1.82) is 0 Å². The summed E-state index contributed by atoms with van der Waals surface area (Å²) in [6, 6.07) is 13.5. The van der Waals surface area contributed by atoms with Crippen LogP contribution < -0.4 is 0 Å². The minimum absolute atomic E-state index is 0.0138. The first kappa shape index (κ1) is 10.6. The molecule has 0 aliphatic heterocycles. The van der Waals surface area contributed by atoms with E-state index in [1.54, 1.807) is 18.2 Å². The van der Waals surface area contributed by atoms with Gasteiger partial charge in [-0.15, -0.1) is 0 Å². The second-order valence-corrected chi connectivity index (χ2v) is 3.61. The molecule has 0 bridgehead atoms. The molecule has 0 amide bonds. The van der Waals surface area contributed by atoms with E-state index in [2.05, 4.69) is 0 Å². The first-order valence-corrected chi connectivity index (χ1v) is 5.04. The van der Waals surface area contributed by atoms with Crippen LogP contribution in [-0.4, -0.2) is 5.78 Å². The molecule has 0 spiro atoms. The summed E-state index contributed by atoms with van der Waals surface area (Å²) in [6.07, 6.45) is 0. The van der Waals surface area contributed by atoms with Gasteiger partial charge >= 0.3 is 0 Å². The Morgan fingerprint density at radius 3 is 2.25 bits per heavy atom. The third-order valence-corrected chi connectivity index (χ3v) is 2.46. The average molecular weight is 214 g/mol. The van der Waals surface area contributed by atoms with Crippen molar-refractivity contribution in [1.82, 2.24) is 0 Å². The lowest BCUT2D eigenvalue weighted by Crippen LogP contribution is -1.95. The summed E-state index contributed by atoms with van der Waals surface area (Å²) < 4.78 is 12.8. The van der Waals surface area contributed by atoms with Gasteiger partial charge < -0.3 is 0 Å². The maximum Gasteiger partial charge on any atom is 0.160 e. The van der Waals surface area contributed by atoms with Crippen molar-refractivity contribution < 1.29 is 9.18 Å². The zero-order valence-corrected chi connectivity index (χ0v) is 8.91. The Bertz CT molecular complexity index is 515. The Hall–Kier alpha value is -1.96. The molecule has 2 aromatic rings. The number of rotatable bonds is 2. The summed E-state index contributed by atoms with van der Waals surface area (Å²) in [5.41, 5.74) is 2.36. The van der Waals surface area contributed by atoms with Crippen LogP contribution >= 0.6 is 0 Å². The van der Waals surface area contributed by atoms with Gasteiger partial charge in [0.2, 0.25) is 0 Å². The molecule has 2 rings (SSSR count). The van der Waals surface area contributed by atoms with Crippen LogP contribution in [0.25, 0.3) is 11.1 Å². The molecule has 2 heteroatoms. The summed E-state index contributed by atoms with van der Waals surface area (Å²) in [4.78, 5) is 11.4. The summed E-state index contributed by atoms with van der Waals surface area (Å²) >= 11 is 0. The standard InChI is InChI=1S/C14H11FO/c1-10(16)13-4-2-3-5-14(13)11-6-8-12(15)9-7-11/h2-9H,1H3. The molecule has 80 valence electrons. The van der Waals surface area contributed by atoms with Crippen LogP contribution in [-0.2, 0) is 0 Å². The number of hydrogen-bond acceptors (Lipinski definition) is 1. The van der Waals surface area contributed by atoms with Gasteiger partial charge in [0, 0.05) is 5.56 Å². The maximum atomic E-state index is 12.8. The van der Waals surface area contributed by atoms with Crippen molar-refractivity contribution in [2.75, 3.05) is 0 Å². The lowest BCUT2D eigenvalue weighted by atomic mass is 9.98. The highest BCUT2D eigenvalue weighted by atomic mass is 19.1. The van der Waals surface area contributed by atoms with Crippen LogP contribution in [0.2, 0.25) is 0 Å². The van der Waals surface area contributed by atoms with Crippen molar-refractivity contribution in [3.05, 3.63) is 59.9 Å². The van der Waals surface area contributed by atoms with E-state index in [1.165, 1.54) is 19.1 Å². The van der Waals surface area contributed by atoms with Gasteiger partial charge in [0.1, 0.15) is 5.82 Å². The Balaban J connectivity index is 2.55. The highest BCUT2D eigenvalue weighted by Gasteiger charge is 2.07. The van der Waals surface area contributed by atoms with Crippen LogP contribution in [0.5, 0.6) is 0 Å². The Kier molecular flexibility index (Phi) is 2.82. The number of Topliss-reactive ketones (excluding diaryl/α,β-unsaturated/α-hetero) is 1. The molecule has 0 atom stereocenters. The molecule has 16 heavy (non-hydrogen) atoms. The van der Waals surface area contributed by atoms with E-state index in [1.807, 2.05) is 18.2 Å². The molecule has 0 aliphatic carbocycles. The van der Waals surface area contributed by atoms with Crippen LogP contribution in [0.1, 0.15) is 17.3 Å². The molecule has 0 unspecified atom stereocenters. The number of ketones is 1. The summed E-state index contributed by atoms with van der Waals surface area (Å²) in [6.45, 7) is 1.53. The van der Waals surface area contributed by atoms with E-state index in [0.717, 1.165) is 11.1 Å². The van der Waals surface area contributed by atoms with E-state index in [4.69, 9.17) is 0 Å². The quantitative estimate of drug-likeness (QED) is 0.697. The molecular formula is C14H11FO. The molecule has 0 aliphatic rings. The van der Waals surface area contributed by atoms with Crippen LogP contribution in [0.3, 0.4) is 0 Å². The van der Waals surface area contributed by atoms with Gasteiger partial charge in [-0.25, -0.2) is 4.39 Å². The highest BCUT2D eigenvalue weighted by Crippen LogP contribution is 2.24. The number of carbonyl (C=O) groups is 1. The molecule has 0 N–H and O–H groups in total. The third kappa shape index (κ3) is 2.01. The van der Waals surface area contributed by atoms with E-state index < -0.39 is 0 Å². The molecule has 2 aromatic carbocycles. The first-order valence-electron chi connectivity index (χ1n) is 5.04. The summed E-state index contributed by atoms with van der Waals surface area (Å²) in [5.74, 6) is -0.260. The minimum Gasteiger partial charge on any atom is -0.294 e. The Morgan fingerprint density at radius 1 is 1.00 bits per heavy atom. The molecule has 0 aromatic heterocycles. The summed E-state index contributed by atoms with van der Waals surface area (Å²) in [7, 11) is 0. The maximum absolute atomic E-state index is 12.8. The fourth-order valence-corrected chi connectivity index (χ4v) is 1.67. The minimum atomic E-state index is -0.274. The monoisotopic (exact) mass is 214 g/mol. The van der Waals surface area contributed by atoms with E-state index in [-0.39, 0.29) is 11.6 Å². The zero-order valence-electron chi connectivity index (χ0n) is 8.91. The third-order valence-electron chi connectivity index (χ3n) is 2.46. The van der Waals surface area contributed by atoms with Gasteiger partial charge in [0.05, 0.1) is 0 Å². The van der Waals surface area contributed by atoms with Crippen molar-refractivity contribution in [3.8, 4) is 11.1 Å². The Labute approximate surface area is 93.5 Å². The molecule has 1 nitrogen and oxygen atoms in total. The van der Waals surface area contributed by atoms with Gasteiger partial charge in [0.15, 0.2) is 5.78 Å². The number of carbonyl (C=O) groups excluding carboxylic acids is 1. The fourth-order valence-electron chi connectivity index (χ4n) is 1.67. The number of benzene rings is 2. The van der Waals surface area contributed by atoms with Crippen molar-refractivity contribution in [2.24, 2.45) is 0 Å². The van der Waals surface area contributed by atoms with E-state index in [0.29, 0.717) is 5.56 Å². The predicted octanol–water partition coefficient (Wildman–Crippen LogP) is 3.70. The molecule has 0 saturated heterocycles. The predicted molar refractivity (Wildman–Crippen MR) is 61.8 cm³/mol. The molecule has 0 heterocycles. The topological polar surface area (TPSA) is 17.1 Å². The molecular weight excluding hydrogens is 203 g/mol. The van der Waals surface area contributed by atoms with E-state index in [9.17, 15) is 9.18 Å². The van der Waals surface area contributed by atoms with Gasteiger partial charge in [-0.3, -0.25) is 4.79 Å². The van der Waals surface area contributed by atoms with E-state index >= 15 is 0 Å². The lowest BCUT2D eigenvalue weighted by Gasteiger charge is -2.06. The highest BCUT2D eigenvalue weighted by molar-refractivity contribution is 6.00. The SMILES string of the molecule is CC(=O)c1ccccc1-c1ccc(F)cc1. The van der Waals surface area contributed by atoms with Crippen molar-refractivity contribution >= 4 is 5.78 Å². The zero-order chi connectivity index (χ0) is 11.5. The largest absolute Gasteiger partial charge is 0.294 e. The molecule has 0 fully saturated rings. The number of hydrogen-bond donors (Lipinski definition) is 0. The van der Waals surface area contributed by atoms with Crippen LogP contribution in [0.4, 0.5) is 4.39 Å². The van der Waals surface area contributed by atoms with Crippen molar-refractivity contribution in [3.63, 3.8) is 0 Å². The van der Waals surface area contributed by atoms with Gasteiger partial charge in [-0.2, -0.15) is 0 Å². The van der Waals surface area contributed by atoms with Crippen LogP contribution in [0, 0.1) is 5.82 Å². The normalized spacial score (nSPS) is 10.1. The summed E-state index contributed by atoms with van der Waals surface area (Å²) in [5, 5.41) is 0. The van der Waals surface area contributed by atoms with Crippen molar-refractivity contribution in [2.45, 2.75) is 6.92 Å². The fraction of sp³-hybridized carbons (Fsp3) is 0.0714. The first-order chi connectivity index (χ1) is 7.68. The average Bonchev–Trinajstić information content (AvgIpc) is 2.30. The smallest absolute Gasteiger partial charge is 0.160 e. The number of halogens is 1. The van der Waals surface area contributed by atoms with Gasteiger partial charge in [0.25, 0.3) is 0 Å². The lowest BCUT2D eigenvalue weighted by molar-refractivity contribution is 0.101. The van der Waals surface area contributed by atoms with Crippen LogP contribution in [0.15, 0.2) is 48.5 Å². The van der Waals surface area contributed by atoms with Gasteiger partial charge in [-0.05, 0) is 30.2 Å². The second kappa shape index (κ2) is 4.27. The molecule has 0 saturated carbocycles. The molecule has 0 radical (unpaired) electrons. The second-order valence-electron chi connectivity index (χ2n) is 3.61. The van der Waals surface area contributed by atoms with Gasteiger partial charge in [-0.1, -0.05) is 36.4 Å².